The molecule has 154 valence electrons. The van der Waals surface area contributed by atoms with Gasteiger partial charge in [-0.15, -0.1) is 0 Å². The van der Waals surface area contributed by atoms with Crippen molar-refractivity contribution >= 4 is 11.3 Å². The van der Waals surface area contributed by atoms with Gasteiger partial charge >= 0.3 is 0 Å². The van der Waals surface area contributed by atoms with Gasteiger partial charge in [0.25, 0.3) is 0 Å². The Morgan fingerprint density at radius 3 is 2.55 bits per heavy atom. The summed E-state index contributed by atoms with van der Waals surface area (Å²) in [5.74, 6) is 1.52. The summed E-state index contributed by atoms with van der Waals surface area (Å²) in [6.07, 6.45) is 2.32. The number of nitrogen functional groups attached to an aromatic ring is 1. The molecule has 0 radical (unpaired) electrons. The average Bonchev–Trinajstić information content (AvgIpc) is 3.04. The normalized spacial score (nSPS) is 20.1. The average molecular weight is 396 g/mol. The Balaban J connectivity index is 1.85. The molecule has 3 aromatic rings. The molecule has 1 aliphatic heterocycles. The van der Waals surface area contributed by atoms with Crippen LogP contribution >= 0.6 is 0 Å². The lowest BCUT2D eigenvalue weighted by atomic mass is 10.1. The smallest absolute Gasteiger partial charge is 0.137 e. The van der Waals surface area contributed by atoms with Crippen LogP contribution in [0.4, 0.5) is 5.69 Å². The van der Waals surface area contributed by atoms with Gasteiger partial charge in [0.1, 0.15) is 17.1 Å². The van der Waals surface area contributed by atoms with Gasteiger partial charge in [0.05, 0.1) is 37.8 Å². The van der Waals surface area contributed by atoms with E-state index in [-0.39, 0.29) is 12.2 Å². The lowest BCUT2D eigenvalue weighted by molar-refractivity contribution is -0.0707. The molecule has 0 aliphatic carbocycles. The van der Waals surface area contributed by atoms with E-state index in [0.717, 1.165) is 53.7 Å². The quantitative estimate of drug-likeness (QED) is 0.714. The molecule has 0 bridgehead atoms. The Morgan fingerprint density at radius 2 is 1.86 bits per heavy atom. The number of benzene rings is 1. The van der Waals surface area contributed by atoms with Crippen LogP contribution in [0.15, 0.2) is 36.5 Å². The molecule has 3 heterocycles. The Hall–Kier alpha value is -2.77. The van der Waals surface area contributed by atoms with Gasteiger partial charge in [0.15, 0.2) is 0 Å². The summed E-state index contributed by atoms with van der Waals surface area (Å²) in [5.41, 5.74) is 10.5. The number of hydrogen-bond acceptors (Lipinski definition) is 6. The van der Waals surface area contributed by atoms with E-state index in [1.54, 1.807) is 14.2 Å². The topological polar surface area (TPSA) is 74.2 Å². The number of morpholine rings is 1. The second kappa shape index (κ2) is 7.93. The van der Waals surface area contributed by atoms with Crippen molar-refractivity contribution < 1.29 is 14.2 Å². The Kier molecular flexibility index (Phi) is 5.34. The van der Waals surface area contributed by atoms with Gasteiger partial charge in [-0.05, 0) is 44.2 Å². The maximum absolute atomic E-state index is 6.09. The molecule has 1 aliphatic rings. The molecule has 0 spiro atoms. The van der Waals surface area contributed by atoms with E-state index in [0.29, 0.717) is 5.69 Å². The number of aromatic nitrogens is 2. The molecule has 1 saturated heterocycles. The molecule has 2 atom stereocenters. The van der Waals surface area contributed by atoms with E-state index in [4.69, 9.17) is 24.9 Å². The van der Waals surface area contributed by atoms with Crippen molar-refractivity contribution in [1.29, 1.82) is 0 Å². The minimum Gasteiger partial charge on any atom is -0.497 e. The largest absolute Gasteiger partial charge is 0.497 e. The number of imidazole rings is 1. The molecule has 0 saturated carbocycles. The monoisotopic (exact) mass is 396 g/mol. The van der Waals surface area contributed by atoms with Crippen LogP contribution in [-0.2, 0) is 11.3 Å². The number of ether oxygens (including phenoxy) is 3. The number of anilines is 1. The van der Waals surface area contributed by atoms with Crippen LogP contribution in [0.3, 0.4) is 0 Å². The summed E-state index contributed by atoms with van der Waals surface area (Å²) >= 11 is 0. The van der Waals surface area contributed by atoms with Crippen molar-refractivity contribution in [2.24, 2.45) is 0 Å². The number of nitrogens with two attached hydrogens (primary N) is 1. The zero-order valence-electron chi connectivity index (χ0n) is 17.4. The van der Waals surface area contributed by atoms with Crippen LogP contribution in [0.25, 0.3) is 16.9 Å². The Morgan fingerprint density at radius 1 is 1.10 bits per heavy atom. The lowest BCUT2D eigenvalue weighted by Gasteiger charge is -2.35. The fourth-order valence-electron chi connectivity index (χ4n) is 4.10. The summed E-state index contributed by atoms with van der Waals surface area (Å²) in [7, 11) is 3.33. The highest BCUT2D eigenvalue weighted by molar-refractivity contribution is 5.74. The lowest BCUT2D eigenvalue weighted by Crippen LogP contribution is -2.45. The van der Waals surface area contributed by atoms with Crippen molar-refractivity contribution in [3.63, 3.8) is 0 Å². The van der Waals surface area contributed by atoms with Gasteiger partial charge in [-0.1, -0.05) is 0 Å². The first kappa shape index (κ1) is 19.5. The van der Waals surface area contributed by atoms with Crippen molar-refractivity contribution in [3.8, 4) is 22.8 Å². The molecule has 2 aromatic heterocycles. The molecule has 2 unspecified atom stereocenters. The first-order valence-corrected chi connectivity index (χ1v) is 9.85. The molecule has 7 heteroatoms. The minimum atomic E-state index is 0.192. The molecular formula is C22H28N4O3. The SMILES string of the molecule is COc1ccc(OC)c(-c2nc3ccc(N)cn3c2CN2CC(C)OC(C)C2)c1. The van der Waals surface area contributed by atoms with Crippen LogP contribution in [-0.4, -0.2) is 53.8 Å². The maximum atomic E-state index is 6.09. The number of hydrogen-bond donors (Lipinski definition) is 1. The molecule has 1 aromatic carbocycles. The third kappa shape index (κ3) is 3.88. The van der Waals surface area contributed by atoms with Gasteiger partial charge in [0, 0.05) is 37.1 Å². The summed E-state index contributed by atoms with van der Waals surface area (Å²) in [6, 6.07) is 9.59. The van der Waals surface area contributed by atoms with E-state index in [2.05, 4.69) is 23.1 Å². The van der Waals surface area contributed by atoms with Crippen LogP contribution in [0, 0.1) is 0 Å². The predicted octanol–water partition coefficient (Wildman–Crippen LogP) is 3.21. The standard InChI is InChI=1S/C22H28N4O3/c1-14-10-25(11-15(2)29-14)13-19-22(24-21-8-5-16(23)12-26(19)21)18-9-17(27-3)6-7-20(18)28-4/h5-9,12,14-15H,10-11,13,23H2,1-4H3. The molecular weight excluding hydrogens is 368 g/mol. The van der Waals surface area contributed by atoms with Crippen LogP contribution in [0.2, 0.25) is 0 Å². The third-order valence-electron chi connectivity index (χ3n) is 5.27. The molecule has 29 heavy (non-hydrogen) atoms. The van der Waals surface area contributed by atoms with E-state index in [9.17, 15) is 0 Å². The fraction of sp³-hybridized carbons (Fsp3) is 0.409. The fourth-order valence-corrected chi connectivity index (χ4v) is 4.10. The summed E-state index contributed by atoms with van der Waals surface area (Å²) in [4.78, 5) is 7.33. The van der Waals surface area contributed by atoms with Gasteiger partial charge in [-0.2, -0.15) is 0 Å². The second-order valence-electron chi connectivity index (χ2n) is 7.62. The summed E-state index contributed by atoms with van der Waals surface area (Å²) < 4.78 is 19.1. The van der Waals surface area contributed by atoms with Gasteiger partial charge < -0.3 is 24.3 Å². The van der Waals surface area contributed by atoms with Gasteiger partial charge in [0.2, 0.25) is 0 Å². The van der Waals surface area contributed by atoms with Crippen LogP contribution in [0.5, 0.6) is 11.5 Å². The number of nitrogens with zero attached hydrogens (tertiary/aromatic N) is 3. The number of pyridine rings is 1. The van der Waals surface area contributed by atoms with Gasteiger partial charge in [-0.25, -0.2) is 4.98 Å². The van der Waals surface area contributed by atoms with E-state index >= 15 is 0 Å². The predicted molar refractivity (Wildman–Crippen MR) is 113 cm³/mol. The molecule has 2 N–H and O–H groups in total. The highest BCUT2D eigenvalue weighted by Gasteiger charge is 2.26. The number of fused-ring (bicyclic) bond motifs is 1. The molecule has 1 fully saturated rings. The number of rotatable bonds is 5. The van der Waals surface area contributed by atoms with Crippen molar-refractivity contribution in [1.82, 2.24) is 14.3 Å². The maximum Gasteiger partial charge on any atom is 0.137 e. The first-order chi connectivity index (χ1) is 14.0. The molecule has 0 amide bonds. The highest BCUT2D eigenvalue weighted by atomic mass is 16.5. The zero-order valence-corrected chi connectivity index (χ0v) is 17.4. The van der Waals surface area contributed by atoms with E-state index in [1.807, 2.05) is 36.5 Å². The van der Waals surface area contributed by atoms with Crippen LogP contribution < -0.4 is 15.2 Å². The summed E-state index contributed by atoms with van der Waals surface area (Å²) in [6.45, 7) is 6.70. The highest BCUT2D eigenvalue weighted by Crippen LogP contribution is 2.36. The Labute approximate surface area is 171 Å². The third-order valence-corrected chi connectivity index (χ3v) is 5.27. The number of methoxy groups -OCH3 is 2. The molecule has 4 rings (SSSR count). The van der Waals surface area contributed by atoms with Crippen molar-refractivity contribution in [2.75, 3.05) is 33.0 Å². The van der Waals surface area contributed by atoms with Crippen molar-refractivity contribution in [3.05, 3.63) is 42.2 Å². The van der Waals surface area contributed by atoms with E-state index in [1.165, 1.54) is 0 Å². The zero-order chi connectivity index (χ0) is 20.5. The van der Waals surface area contributed by atoms with Crippen LogP contribution in [0.1, 0.15) is 19.5 Å². The second-order valence-corrected chi connectivity index (χ2v) is 7.62. The van der Waals surface area contributed by atoms with Gasteiger partial charge in [-0.3, -0.25) is 4.90 Å². The first-order valence-electron chi connectivity index (χ1n) is 9.85. The molecule has 7 nitrogen and oxygen atoms in total. The summed E-state index contributed by atoms with van der Waals surface area (Å²) in [5, 5.41) is 0. The Bertz CT molecular complexity index is 1010. The van der Waals surface area contributed by atoms with Crippen molar-refractivity contribution in [2.45, 2.75) is 32.6 Å². The minimum absolute atomic E-state index is 0.192. The van der Waals surface area contributed by atoms with E-state index < -0.39 is 0 Å².